The van der Waals surface area contributed by atoms with Gasteiger partial charge in [-0.05, 0) is 25.1 Å². The molecule has 0 fully saturated rings. The van der Waals surface area contributed by atoms with Gasteiger partial charge in [-0.15, -0.1) is 0 Å². The molecule has 1 amide bonds. The summed E-state index contributed by atoms with van der Waals surface area (Å²) in [6.07, 6.45) is 3.21. The highest BCUT2D eigenvalue weighted by molar-refractivity contribution is 6.06. The van der Waals surface area contributed by atoms with Crippen molar-refractivity contribution in [2.45, 2.75) is 6.92 Å². The molecule has 0 bridgehead atoms. The van der Waals surface area contributed by atoms with Gasteiger partial charge in [-0.2, -0.15) is 0 Å². The van der Waals surface area contributed by atoms with Gasteiger partial charge in [-0.3, -0.25) is 9.78 Å². The van der Waals surface area contributed by atoms with Crippen LogP contribution in [0.25, 0.3) is 11.3 Å². The Labute approximate surface area is 122 Å². The molecule has 104 valence electrons. The number of aromatic nitrogens is 2. The number of nitrogens with zero attached hydrogens (tertiary/aromatic N) is 1. The average molecular weight is 277 g/mol. The standard InChI is InChI=1S/C17H15N3O/c1-12-11-15(16(19-12)13-5-3-2-4-6-13)20-17(21)14-7-9-18-10-8-14/h2-11,19H,1H3,(H,20,21). The zero-order valence-corrected chi connectivity index (χ0v) is 11.6. The van der Waals surface area contributed by atoms with E-state index in [0.717, 1.165) is 22.6 Å². The van der Waals surface area contributed by atoms with Crippen molar-refractivity contribution >= 4 is 11.6 Å². The van der Waals surface area contributed by atoms with Gasteiger partial charge in [0.25, 0.3) is 5.91 Å². The average Bonchev–Trinajstić information content (AvgIpc) is 2.89. The van der Waals surface area contributed by atoms with E-state index in [4.69, 9.17) is 0 Å². The van der Waals surface area contributed by atoms with E-state index in [1.54, 1.807) is 24.5 Å². The van der Waals surface area contributed by atoms with Gasteiger partial charge in [0.05, 0.1) is 11.4 Å². The van der Waals surface area contributed by atoms with E-state index in [0.29, 0.717) is 5.56 Å². The van der Waals surface area contributed by atoms with Crippen LogP contribution >= 0.6 is 0 Å². The fourth-order valence-electron chi connectivity index (χ4n) is 2.22. The van der Waals surface area contributed by atoms with E-state index in [1.165, 1.54) is 0 Å². The first kappa shape index (κ1) is 13.1. The number of amides is 1. The van der Waals surface area contributed by atoms with E-state index < -0.39 is 0 Å². The molecule has 0 saturated heterocycles. The van der Waals surface area contributed by atoms with Crippen LogP contribution in [0.3, 0.4) is 0 Å². The van der Waals surface area contributed by atoms with Gasteiger partial charge in [0.1, 0.15) is 0 Å². The summed E-state index contributed by atoms with van der Waals surface area (Å²) in [4.78, 5) is 19.5. The van der Waals surface area contributed by atoms with Crippen LogP contribution in [0.2, 0.25) is 0 Å². The Hall–Kier alpha value is -2.88. The zero-order valence-electron chi connectivity index (χ0n) is 11.6. The summed E-state index contributed by atoms with van der Waals surface area (Å²) < 4.78 is 0. The van der Waals surface area contributed by atoms with Crippen LogP contribution in [0.5, 0.6) is 0 Å². The summed E-state index contributed by atoms with van der Waals surface area (Å²) >= 11 is 0. The third-order valence-electron chi connectivity index (χ3n) is 3.21. The molecule has 2 N–H and O–H groups in total. The number of pyridine rings is 1. The van der Waals surface area contributed by atoms with Crippen LogP contribution in [-0.2, 0) is 0 Å². The van der Waals surface area contributed by atoms with Gasteiger partial charge in [0, 0.05) is 29.2 Å². The van der Waals surface area contributed by atoms with E-state index >= 15 is 0 Å². The fraction of sp³-hybridized carbons (Fsp3) is 0.0588. The van der Waals surface area contributed by atoms with Gasteiger partial charge >= 0.3 is 0 Å². The van der Waals surface area contributed by atoms with Crippen molar-refractivity contribution in [2.24, 2.45) is 0 Å². The molecule has 4 nitrogen and oxygen atoms in total. The van der Waals surface area contributed by atoms with Crippen molar-refractivity contribution in [3.05, 3.63) is 72.2 Å². The lowest BCUT2D eigenvalue weighted by atomic mass is 10.1. The zero-order chi connectivity index (χ0) is 14.7. The second kappa shape index (κ2) is 5.63. The Balaban J connectivity index is 1.92. The largest absolute Gasteiger partial charge is 0.357 e. The molecular formula is C17H15N3O. The summed E-state index contributed by atoms with van der Waals surface area (Å²) in [7, 11) is 0. The van der Waals surface area contributed by atoms with Crippen molar-refractivity contribution in [2.75, 3.05) is 5.32 Å². The Morgan fingerprint density at radius 3 is 2.52 bits per heavy atom. The molecular weight excluding hydrogens is 262 g/mol. The molecule has 4 heteroatoms. The number of aromatic amines is 1. The number of rotatable bonds is 3. The van der Waals surface area contributed by atoms with Crippen molar-refractivity contribution in [1.29, 1.82) is 0 Å². The third-order valence-corrected chi connectivity index (χ3v) is 3.21. The number of carbonyl (C=O) groups is 1. The Morgan fingerprint density at radius 1 is 1.10 bits per heavy atom. The molecule has 0 radical (unpaired) electrons. The first-order valence-electron chi connectivity index (χ1n) is 6.70. The minimum absolute atomic E-state index is 0.145. The van der Waals surface area contributed by atoms with Crippen LogP contribution < -0.4 is 5.32 Å². The number of anilines is 1. The number of hydrogen-bond acceptors (Lipinski definition) is 2. The molecule has 0 aliphatic carbocycles. The van der Waals surface area contributed by atoms with Crippen LogP contribution in [0, 0.1) is 6.92 Å². The molecule has 3 rings (SSSR count). The van der Waals surface area contributed by atoms with Gasteiger partial charge in [-0.25, -0.2) is 0 Å². The lowest BCUT2D eigenvalue weighted by molar-refractivity contribution is 0.102. The van der Waals surface area contributed by atoms with Crippen LogP contribution in [0.15, 0.2) is 60.9 Å². The maximum atomic E-state index is 12.3. The Kier molecular flexibility index (Phi) is 3.51. The maximum absolute atomic E-state index is 12.3. The lowest BCUT2D eigenvalue weighted by Gasteiger charge is -2.06. The van der Waals surface area contributed by atoms with Gasteiger partial charge in [0.2, 0.25) is 0 Å². The summed E-state index contributed by atoms with van der Waals surface area (Å²) in [5, 5.41) is 2.95. The van der Waals surface area contributed by atoms with Gasteiger partial charge in [-0.1, -0.05) is 30.3 Å². The minimum atomic E-state index is -0.145. The van der Waals surface area contributed by atoms with Gasteiger partial charge < -0.3 is 10.3 Å². The summed E-state index contributed by atoms with van der Waals surface area (Å²) in [6, 6.07) is 15.2. The van der Waals surface area contributed by atoms with E-state index in [1.807, 2.05) is 43.3 Å². The molecule has 0 spiro atoms. The first-order valence-corrected chi connectivity index (χ1v) is 6.70. The second-order valence-corrected chi connectivity index (χ2v) is 4.80. The minimum Gasteiger partial charge on any atom is -0.357 e. The molecule has 1 aromatic carbocycles. The first-order chi connectivity index (χ1) is 10.2. The predicted molar refractivity (Wildman–Crippen MR) is 83.2 cm³/mol. The molecule has 2 aromatic heterocycles. The maximum Gasteiger partial charge on any atom is 0.255 e. The number of carbonyl (C=O) groups excluding carboxylic acids is 1. The smallest absolute Gasteiger partial charge is 0.255 e. The Morgan fingerprint density at radius 2 is 1.81 bits per heavy atom. The second-order valence-electron chi connectivity index (χ2n) is 4.80. The SMILES string of the molecule is Cc1cc(NC(=O)c2ccncc2)c(-c2ccccc2)[nH]1. The fourth-order valence-corrected chi connectivity index (χ4v) is 2.22. The highest BCUT2D eigenvalue weighted by atomic mass is 16.1. The van der Waals surface area contributed by atoms with E-state index in [2.05, 4.69) is 15.3 Å². The van der Waals surface area contributed by atoms with Crippen LogP contribution in [0.1, 0.15) is 16.1 Å². The molecule has 2 heterocycles. The predicted octanol–water partition coefficient (Wildman–Crippen LogP) is 3.64. The number of aryl methyl sites for hydroxylation is 1. The third kappa shape index (κ3) is 2.84. The number of nitrogens with one attached hydrogen (secondary N) is 2. The summed E-state index contributed by atoms with van der Waals surface area (Å²) in [6.45, 7) is 1.97. The highest BCUT2D eigenvalue weighted by Crippen LogP contribution is 2.28. The number of hydrogen-bond donors (Lipinski definition) is 2. The van der Waals surface area contributed by atoms with Crippen molar-refractivity contribution in [1.82, 2.24) is 9.97 Å². The quantitative estimate of drug-likeness (QED) is 0.768. The monoisotopic (exact) mass is 277 g/mol. The van der Waals surface area contributed by atoms with Crippen molar-refractivity contribution in [3.8, 4) is 11.3 Å². The van der Waals surface area contributed by atoms with Crippen molar-refractivity contribution in [3.63, 3.8) is 0 Å². The Bertz CT molecular complexity index is 748. The van der Waals surface area contributed by atoms with Crippen molar-refractivity contribution < 1.29 is 4.79 Å². The molecule has 0 unspecified atom stereocenters. The molecule has 0 aliphatic rings. The number of benzene rings is 1. The molecule has 0 aliphatic heterocycles. The molecule has 0 saturated carbocycles. The van der Waals surface area contributed by atoms with Gasteiger partial charge in [0.15, 0.2) is 0 Å². The van der Waals surface area contributed by atoms with Crippen LogP contribution in [-0.4, -0.2) is 15.9 Å². The summed E-state index contributed by atoms with van der Waals surface area (Å²) in [5.74, 6) is -0.145. The number of H-pyrrole nitrogens is 1. The highest BCUT2D eigenvalue weighted by Gasteiger charge is 2.12. The molecule has 3 aromatic rings. The summed E-state index contributed by atoms with van der Waals surface area (Å²) in [5.41, 5.74) is 4.31. The lowest BCUT2D eigenvalue weighted by Crippen LogP contribution is -2.11. The normalized spacial score (nSPS) is 10.3. The molecule has 0 atom stereocenters. The molecule has 21 heavy (non-hydrogen) atoms. The van der Waals surface area contributed by atoms with E-state index in [-0.39, 0.29) is 5.91 Å². The van der Waals surface area contributed by atoms with Crippen LogP contribution in [0.4, 0.5) is 5.69 Å². The van der Waals surface area contributed by atoms with E-state index in [9.17, 15) is 4.79 Å². The topological polar surface area (TPSA) is 57.8 Å².